The molecular weight excluding hydrogens is 368 g/mol. The minimum absolute atomic E-state index is 0.00502. The van der Waals surface area contributed by atoms with Crippen LogP contribution in [0, 0.1) is 0 Å². The first-order valence-electron chi connectivity index (χ1n) is 8.85. The molecule has 2 atom stereocenters. The fourth-order valence-electron chi connectivity index (χ4n) is 2.06. The Hall–Kier alpha value is -2.71. The van der Waals surface area contributed by atoms with Crippen molar-refractivity contribution in [2.45, 2.75) is 47.2 Å². The molecule has 1 aromatic carbocycles. The summed E-state index contributed by atoms with van der Waals surface area (Å²) >= 11 is 0. The first-order valence-corrected chi connectivity index (χ1v) is 8.85. The zero-order valence-electron chi connectivity index (χ0n) is 16.8. The Morgan fingerprint density at radius 2 is 1.32 bits per heavy atom. The van der Waals surface area contributed by atoms with E-state index in [4.69, 9.17) is 23.7 Å². The third kappa shape index (κ3) is 7.50. The summed E-state index contributed by atoms with van der Waals surface area (Å²) in [7, 11) is 0. The summed E-state index contributed by atoms with van der Waals surface area (Å²) in [5, 5.41) is 0. The summed E-state index contributed by atoms with van der Waals surface area (Å²) in [5.41, 5.74) is 0.149. The van der Waals surface area contributed by atoms with Crippen LogP contribution in [0.1, 0.15) is 55.3 Å². The van der Waals surface area contributed by atoms with Gasteiger partial charge in [0.2, 0.25) is 0 Å². The first kappa shape index (κ1) is 23.3. The molecule has 0 spiro atoms. The lowest BCUT2D eigenvalue weighted by Crippen LogP contribution is -2.20. The van der Waals surface area contributed by atoms with Crippen LogP contribution in [0.3, 0.4) is 0 Å². The topological polar surface area (TPSA) is 97.4 Å². The maximum Gasteiger partial charge on any atom is 0.340 e. The summed E-state index contributed by atoms with van der Waals surface area (Å²) in [4.78, 5) is 36.5. The average molecular weight is 394 g/mol. The van der Waals surface area contributed by atoms with E-state index < -0.39 is 30.5 Å². The monoisotopic (exact) mass is 394 g/mol. The molecule has 154 valence electrons. The van der Waals surface area contributed by atoms with Crippen LogP contribution in [0.2, 0.25) is 0 Å². The fraction of sp³-hybridized carbons (Fsp3) is 0.450. The zero-order valence-corrected chi connectivity index (χ0v) is 16.8. The molecule has 1 rings (SSSR count). The predicted octanol–water partition coefficient (Wildman–Crippen LogP) is 3.25. The van der Waals surface area contributed by atoms with Gasteiger partial charge in [-0.25, -0.2) is 14.4 Å². The Morgan fingerprint density at radius 3 is 1.68 bits per heavy atom. The van der Waals surface area contributed by atoms with Gasteiger partial charge in [-0.2, -0.15) is 0 Å². The second kappa shape index (κ2) is 11.2. The Balaban J connectivity index is 3.16. The van der Waals surface area contributed by atoms with Gasteiger partial charge >= 0.3 is 17.9 Å². The molecule has 0 amide bonds. The molecule has 28 heavy (non-hydrogen) atoms. The van der Waals surface area contributed by atoms with Crippen molar-refractivity contribution in [3.05, 3.63) is 41.5 Å². The first-order chi connectivity index (χ1) is 13.2. The summed E-state index contributed by atoms with van der Waals surface area (Å²) < 4.78 is 25.8. The molecule has 0 aliphatic carbocycles. The summed E-state index contributed by atoms with van der Waals surface area (Å²) in [6.07, 6.45) is -1.57. The van der Waals surface area contributed by atoms with Crippen molar-refractivity contribution in [1.82, 2.24) is 0 Å². The lowest BCUT2D eigenvalue weighted by Gasteiger charge is -2.15. The van der Waals surface area contributed by atoms with E-state index in [-0.39, 0.29) is 22.4 Å². The second-order valence-electron chi connectivity index (χ2n) is 5.77. The number of rotatable bonds is 10. The molecule has 0 N–H and O–H groups in total. The number of hydrogen-bond acceptors (Lipinski definition) is 8. The maximum absolute atomic E-state index is 12.4. The highest BCUT2D eigenvalue weighted by Crippen LogP contribution is 2.21. The standard InChI is InChI=1S/C20H26O8/c1-7-24-13(5)26-19(22)15-9-16(20(23)27-14(6)25-8-2)11-17(10-15)28-18(21)12(3)4/h9-11,13-14H,3,7-8H2,1-2,4-6H3. The maximum atomic E-state index is 12.4. The third-order valence-corrected chi connectivity index (χ3v) is 3.29. The number of ether oxygens (including phenoxy) is 5. The minimum atomic E-state index is -0.785. The van der Waals surface area contributed by atoms with Gasteiger partial charge in [-0.05, 0) is 52.8 Å². The molecule has 0 saturated carbocycles. The highest BCUT2D eigenvalue weighted by Gasteiger charge is 2.20. The molecule has 0 aliphatic rings. The highest BCUT2D eigenvalue weighted by atomic mass is 16.7. The molecular formula is C20H26O8. The summed E-state index contributed by atoms with van der Waals surface area (Å²) in [6.45, 7) is 12.3. The molecule has 0 aliphatic heterocycles. The van der Waals surface area contributed by atoms with Crippen LogP contribution in [-0.2, 0) is 23.7 Å². The Morgan fingerprint density at radius 1 is 0.893 bits per heavy atom. The molecule has 0 saturated heterocycles. The molecule has 8 heteroatoms. The van der Waals surface area contributed by atoms with Gasteiger partial charge in [-0.15, -0.1) is 0 Å². The van der Waals surface area contributed by atoms with E-state index in [2.05, 4.69) is 6.58 Å². The van der Waals surface area contributed by atoms with Crippen LogP contribution >= 0.6 is 0 Å². The van der Waals surface area contributed by atoms with Crippen molar-refractivity contribution in [1.29, 1.82) is 0 Å². The van der Waals surface area contributed by atoms with E-state index in [0.717, 1.165) is 0 Å². The van der Waals surface area contributed by atoms with E-state index >= 15 is 0 Å². The van der Waals surface area contributed by atoms with Gasteiger partial charge in [0, 0.05) is 18.8 Å². The highest BCUT2D eigenvalue weighted by molar-refractivity contribution is 5.97. The number of carbonyl (C=O) groups is 3. The van der Waals surface area contributed by atoms with Crippen molar-refractivity contribution in [3.63, 3.8) is 0 Å². The number of esters is 3. The molecule has 0 radical (unpaired) electrons. The van der Waals surface area contributed by atoms with E-state index in [9.17, 15) is 14.4 Å². The van der Waals surface area contributed by atoms with Gasteiger partial charge in [0.1, 0.15) is 5.75 Å². The van der Waals surface area contributed by atoms with Crippen molar-refractivity contribution in [3.8, 4) is 5.75 Å². The molecule has 2 unspecified atom stereocenters. The Bertz CT molecular complexity index is 681. The van der Waals surface area contributed by atoms with Crippen LogP contribution in [0.4, 0.5) is 0 Å². The van der Waals surface area contributed by atoms with Crippen LogP contribution in [0.5, 0.6) is 5.75 Å². The van der Waals surface area contributed by atoms with Crippen molar-refractivity contribution in [2.24, 2.45) is 0 Å². The fourth-order valence-corrected chi connectivity index (χ4v) is 2.06. The van der Waals surface area contributed by atoms with Crippen LogP contribution < -0.4 is 4.74 Å². The van der Waals surface area contributed by atoms with Gasteiger partial charge in [0.05, 0.1) is 11.1 Å². The van der Waals surface area contributed by atoms with Crippen LogP contribution in [0.25, 0.3) is 0 Å². The molecule has 0 heterocycles. The van der Waals surface area contributed by atoms with Gasteiger partial charge < -0.3 is 23.7 Å². The van der Waals surface area contributed by atoms with Gasteiger partial charge in [-0.3, -0.25) is 0 Å². The summed E-state index contributed by atoms with van der Waals surface area (Å²) in [6, 6.07) is 3.84. The molecule has 0 aromatic heterocycles. The normalized spacial score (nSPS) is 12.6. The Kier molecular flexibility index (Phi) is 9.34. The average Bonchev–Trinajstić information content (AvgIpc) is 2.61. The minimum Gasteiger partial charge on any atom is -0.432 e. The molecule has 0 bridgehead atoms. The molecule has 0 fully saturated rings. The van der Waals surface area contributed by atoms with E-state index in [1.807, 2.05) is 0 Å². The molecule has 8 nitrogen and oxygen atoms in total. The van der Waals surface area contributed by atoms with E-state index in [1.54, 1.807) is 27.7 Å². The van der Waals surface area contributed by atoms with Crippen molar-refractivity contribution >= 4 is 17.9 Å². The van der Waals surface area contributed by atoms with Gasteiger partial charge in [0.15, 0.2) is 12.6 Å². The van der Waals surface area contributed by atoms with Gasteiger partial charge in [0.25, 0.3) is 0 Å². The van der Waals surface area contributed by atoms with Crippen molar-refractivity contribution < 1.29 is 38.1 Å². The zero-order chi connectivity index (χ0) is 21.3. The largest absolute Gasteiger partial charge is 0.432 e. The lowest BCUT2D eigenvalue weighted by atomic mass is 10.1. The van der Waals surface area contributed by atoms with E-state index in [1.165, 1.54) is 25.1 Å². The number of benzene rings is 1. The SMILES string of the molecule is C=C(C)C(=O)Oc1cc(C(=O)OC(C)OCC)cc(C(=O)OC(C)OCC)c1. The Labute approximate surface area is 164 Å². The summed E-state index contributed by atoms with van der Waals surface area (Å²) in [5.74, 6) is -2.22. The van der Waals surface area contributed by atoms with Crippen LogP contribution in [-0.4, -0.2) is 43.7 Å². The van der Waals surface area contributed by atoms with Gasteiger partial charge in [-0.1, -0.05) is 6.58 Å². The van der Waals surface area contributed by atoms with E-state index in [0.29, 0.717) is 13.2 Å². The number of carbonyl (C=O) groups excluding carboxylic acids is 3. The van der Waals surface area contributed by atoms with Crippen LogP contribution in [0.15, 0.2) is 30.4 Å². The molecule has 1 aromatic rings. The quantitative estimate of drug-likeness (QED) is 0.258. The second-order valence-corrected chi connectivity index (χ2v) is 5.77. The lowest BCUT2D eigenvalue weighted by molar-refractivity contribution is -0.130. The number of hydrogen-bond donors (Lipinski definition) is 0. The smallest absolute Gasteiger partial charge is 0.340 e. The third-order valence-electron chi connectivity index (χ3n) is 3.29. The predicted molar refractivity (Wildman–Crippen MR) is 99.9 cm³/mol. The van der Waals surface area contributed by atoms with Crippen molar-refractivity contribution in [2.75, 3.05) is 13.2 Å².